The minimum atomic E-state index is -0.149. The van der Waals surface area contributed by atoms with Crippen molar-refractivity contribution in [1.29, 1.82) is 0 Å². The quantitative estimate of drug-likeness (QED) is 0.223. The van der Waals surface area contributed by atoms with Gasteiger partial charge in [0.15, 0.2) is 0 Å². The molecule has 0 unspecified atom stereocenters. The summed E-state index contributed by atoms with van der Waals surface area (Å²) in [5.41, 5.74) is 12.6. The number of pyridine rings is 3. The molecular weight excluding hydrogens is 474 g/mol. The molecule has 0 saturated heterocycles. The largest absolute Gasteiger partial charge is 0.254 e. The van der Waals surface area contributed by atoms with E-state index in [4.69, 9.17) is 9.97 Å². The molecule has 8 rings (SSSR count). The van der Waals surface area contributed by atoms with E-state index in [2.05, 4.69) is 110 Å². The molecule has 0 saturated carbocycles. The van der Waals surface area contributed by atoms with Crippen LogP contribution in [0.2, 0.25) is 0 Å². The van der Waals surface area contributed by atoms with Gasteiger partial charge in [-0.1, -0.05) is 92.7 Å². The first kappa shape index (κ1) is 22.1. The van der Waals surface area contributed by atoms with E-state index in [1.807, 2.05) is 24.5 Å². The molecule has 184 valence electrons. The molecular formula is C36H25N3. The molecule has 1 aliphatic rings. The molecule has 4 aromatic carbocycles. The van der Waals surface area contributed by atoms with Gasteiger partial charge >= 0.3 is 0 Å². The Morgan fingerprint density at radius 1 is 0.590 bits per heavy atom. The zero-order chi connectivity index (χ0) is 26.1. The SMILES string of the molecule is CC1(C)c2ccccc2-c2nc3ccccc3c(-c3ccc(-c4cc5cccnc5c5ncccc45)cc3)c21. The highest BCUT2D eigenvalue weighted by atomic mass is 14.7. The fourth-order valence-electron chi connectivity index (χ4n) is 6.52. The molecule has 39 heavy (non-hydrogen) atoms. The lowest BCUT2D eigenvalue weighted by Gasteiger charge is -2.25. The molecule has 0 N–H and O–H groups in total. The zero-order valence-corrected chi connectivity index (χ0v) is 21.8. The van der Waals surface area contributed by atoms with E-state index in [1.165, 1.54) is 44.3 Å². The van der Waals surface area contributed by atoms with Gasteiger partial charge in [0.05, 0.1) is 22.2 Å². The molecule has 0 spiro atoms. The Balaban J connectivity index is 1.36. The third-order valence-electron chi connectivity index (χ3n) is 8.32. The van der Waals surface area contributed by atoms with Gasteiger partial charge in [-0.05, 0) is 57.6 Å². The van der Waals surface area contributed by atoms with E-state index in [0.717, 1.165) is 33.0 Å². The molecule has 0 atom stereocenters. The predicted octanol–water partition coefficient (Wildman–Crippen LogP) is 8.97. The van der Waals surface area contributed by atoms with Gasteiger partial charge in [-0.25, -0.2) is 4.98 Å². The van der Waals surface area contributed by atoms with Crippen LogP contribution in [0, 0.1) is 0 Å². The van der Waals surface area contributed by atoms with Crippen molar-refractivity contribution in [2.45, 2.75) is 19.3 Å². The molecule has 0 fully saturated rings. The first-order valence-electron chi connectivity index (χ1n) is 13.4. The molecule has 3 heterocycles. The lowest BCUT2D eigenvalue weighted by atomic mass is 9.78. The van der Waals surface area contributed by atoms with E-state index in [1.54, 1.807) is 0 Å². The van der Waals surface area contributed by atoms with Crippen LogP contribution in [0.1, 0.15) is 25.0 Å². The van der Waals surface area contributed by atoms with Gasteiger partial charge in [-0.2, -0.15) is 0 Å². The normalized spacial score (nSPS) is 13.6. The fraction of sp³-hybridized carbons (Fsp3) is 0.0833. The van der Waals surface area contributed by atoms with Crippen molar-refractivity contribution in [2.75, 3.05) is 0 Å². The maximum absolute atomic E-state index is 5.19. The second kappa shape index (κ2) is 8.05. The molecule has 1 aliphatic carbocycles. The summed E-state index contributed by atoms with van der Waals surface area (Å²) in [5, 5.41) is 3.40. The van der Waals surface area contributed by atoms with Crippen molar-refractivity contribution in [3.8, 4) is 33.5 Å². The highest BCUT2D eigenvalue weighted by Gasteiger charge is 2.39. The Kier molecular flexibility index (Phi) is 4.57. The summed E-state index contributed by atoms with van der Waals surface area (Å²) in [6, 6.07) is 36.8. The standard InChI is InChI=1S/C36H25N3/c1-36(2)29-13-5-3-10-26(29)34-32(36)31(27-11-4-6-14-30(27)39-34)23-17-15-22(16-18-23)28-21-24-9-7-19-37-33(24)35-25(28)12-8-20-38-35/h3-21H,1-2H3. The van der Waals surface area contributed by atoms with E-state index in [0.29, 0.717) is 0 Å². The van der Waals surface area contributed by atoms with Gasteiger partial charge in [0, 0.05) is 39.5 Å². The number of nitrogens with zero attached hydrogens (tertiary/aromatic N) is 3. The summed E-state index contributed by atoms with van der Waals surface area (Å²) in [6.07, 6.45) is 3.68. The maximum Gasteiger partial charge on any atom is 0.0970 e. The maximum atomic E-state index is 5.19. The number of para-hydroxylation sites is 1. The number of hydrogen-bond donors (Lipinski definition) is 0. The molecule has 7 aromatic rings. The van der Waals surface area contributed by atoms with Gasteiger partial charge in [-0.3, -0.25) is 9.97 Å². The molecule has 3 aromatic heterocycles. The second-order valence-corrected chi connectivity index (χ2v) is 10.9. The van der Waals surface area contributed by atoms with Crippen LogP contribution in [0.5, 0.6) is 0 Å². The Labute approximate surface area is 226 Å². The zero-order valence-electron chi connectivity index (χ0n) is 21.8. The number of benzene rings is 4. The topological polar surface area (TPSA) is 38.7 Å². The van der Waals surface area contributed by atoms with E-state index >= 15 is 0 Å². The average Bonchev–Trinajstić information content (AvgIpc) is 3.22. The molecule has 3 heteroatoms. The molecule has 0 bridgehead atoms. The van der Waals surface area contributed by atoms with E-state index in [-0.39, 0.29) is 5.41 Å². The van der Waals surface area contributed by atoms with Crippen LogP contribution in [-0.2, 0) is 5.41 Å². The van der Waals surface area contributed by atoms with Gasteiger partial charge in [0.1, 0.15) is 0 Å². The summed E-state index contributed by atoms with van der Waals surface area (Å²) in [5.74, 6) is 0. The number of fused-ring (bicyclic) bond motifs is 7. The number of hydrogen-bond acceptors (Lipinski definition) is 3. The monoisotopic (exact) mass is 499 g/mol. The molecule has 0 aliphatic heterocycles. The van der Waals surface area contributed by atoms with E-state index < -0.39 is 0 Å². The molecule has 3 nitrogen and oxygen atoms in total. The summed E-state index contributed by atoms with van der Waals surface area (Å²) in [6.45, 7) is 4.66. The third-order valence-corrected chi connectivity index (χ3v) is 8.32. The van der Waals surface area contributed by atoms with Crippen LogP contribution in [0.15, 0.2) is 116 Å². The van der Waals surface area contributed by atoms with Crippen LogP contribution in [0.3, 0.4) is 0 Å². The summed E-state index contributed by atoms with van der Waals surface area (Å²) in [4.78, 5) is 14.5. The highest BCUT2D eigenvalue weighted by molar-refractivity contribution is 6.10. The second-order valence-electron chi connectivity index (χ2n) is 10.9. The lowest BCUT2D eigenvalue weighted by Crippen LogP contribution is -2.16. The summed E-state index contributed by atoms with van der Waals surface area (Å²) >= 11 is 0. The smallest absolute Gasteiger partial charge is 0.0970 e. The van der Waals surface area contributed by atoms with Crippen LogP contribution < -0.4 is 0 Å². The fourth-order valence-corrected chi connectivity index (χ4v) is 6.52. The molecule has 0 radical (unpaired) electrons. The number of rotatable bonds is 2. The Morgan fingerprint density at radius 3 is 2.15 bits per heavy atom. The van der Waals surface area contributed by atoms with Crippen molar-refractivity contribution < 1.29 is 0 Å². The Morgan fingerprint density at radius 2 is 1.28 bits per heavy atom. The van der Waals surface area contributed by atoms with Crippen LogP contribution in [-0.4, -0.2) is 15.0 Å². The predicted molar refractivity (Wildman–Crippen MR) is 161 cm³/mol. The van der Waals surface area contributed by atoms with Gasteiger partial charge in [-0.15, -0.1) is 0 Å². The minimum absolute atomic E-state index is 0.149. The van der Waals surface area contributed by atoms with Gasteiger partial charge in [0.25, 0.3) is 0 Å². The lowest BCUT2D eigenvalue weighted by molar-refractivity contribution is 0.662. The van der Waals surface area contributed by atoms with Crippen LogP contribution in [0.25, 0.3) is 66.2 Å². The Bertz CT molecular complexity index is 2090. The minimum Gasteiger partial charge on any atom is -0.254 e. The van der Waals surface area contributed by atoms with Crippen LogP contribution >= 0.6 is 0 Å². The van der Waals surface area contributed by atoms with Crippen molar-refractivity contribution in [3.05, 3.63) is 127 Å². The molecule has 0 amide bonds. The van der Waals surface area contributed by atoms with E-state index in [9.17, 15) is 0 Å². The highest BCUT2D eigenvalue weighted by Crippen LogP contribution is 2.53. The first-order valence-corrected chi connectivity index (χ1v) is 13.4. The Hall–Kier alpha value is -4.89. The van der Waals surface area contributed by atoms with Crippen LogP contribution in [0.4, 0.5) is 0 Å². The van der Waals surface area contributed by atoms with Crippen molar-refractivity contribution in [3.63, 3.8) is 0 Å². The van der Waals surface area contributed by atoms with Gasteiger partial charge < -0.3 is 0 Å². The first-order chi connectivity index (χ1) is 19.1. The number of aromatic nitrogens is 3. The third kappa shape index (κ3) is 3.13. The van der Waals surface area contributed by atoms with Gasteiger partial charge in [0.2, 0.25) is 0 Å². The summed E-state index contributed by atoms with van der Waals surface area (Å²) in [7, 11) is 0. The summed E-state index contributed by atoms with van der Waals surface area (Å²) < 4.78 is 0. The van der Waals surface area contributed by atoms with Crippen molar-refractivity contribution in [2.24, 2.45) is 0 Å². The van der Waals surface area contributed by atoms with Crippen molar-refractivity contribution in [1.82, 2.24) is 15.0 Å². The van der Waals surface area contributed by atoms with Crippen molar-refractivity contribution >= 4 is 32.7 Å². The average molecular weight is 500 g/mol.